The van der Waals surface area contributed by atoms with Crippen LogP contribution in [0.2, 0.25) is 0 Å². The Balaban J connectivity index is 1.29. The molecule has 6 heteroatoms. The topological polar surface area (TPSA) is 82.9 Å². The molecule has 0 amide bonds. The first kappa shape index (κ1) is 16.5. The monoisotopic (exact) mass is 342 g/mol. The summed E-state index contributed by atoms with van der Waals surface area (Å²) in [5.74, 6) is 1.89. The van der Waals surface area contributed by atoms with E-state index in [1.807, 2.05) is 0 Å². The van der Waals surface area contributed by atoms with Crippen LogP contribution in [0.1, 0.15) is 54.5 Å². The van der Waals surface area contributed by atoms with Gasteiger partial charge < -0.3 is 10.4 Å². The number of H-pyrrole nitrogens is 1. The van der Waals surface area contributed by atoms with Crippen LogP contribution in [0.3, 0.4) is 0 Å². The lowest BCUT2D eigenvalue weighted by Gasteiger charge is -2.15. The van der Waals surface area contributed by atoms with Gasteiger partial charge in [-0.3, -0.25) is 4.57 Å². The minimum Gasteiger partial charge on any atom is -0.393 e. The summed E-state index contributed by atoms with van der Waals surface area (Å²) < 4.78 is 1.55. The second-order valence-electron chi connectivity index (χ2n) is 7.59. The van der Waals surface area contributed by atoms with Crippen molar-refractivity contribution < 1.29 is 5.11 Å². The van der Waals surface area contributed by atoms with Gasteiger partial charge in [0.25, 0.3) is 0 Å². The maximum Gasteiger partial charge on any atom is 0.343 e. The number of aromatic amines is 1. The van der Waals surface area contributed by atoms with E-state index in [9.17, 15) is 9.90 Å². The Bertz CT molecular complexity index is 775. The van der Waals surface area contributed by atoms with Gasteiger partial charge in [0.2, 0.25) is 0 Å². The van der Waals surface area contributed by atoms with Crippen LogP contribution in [0, 0.1) is 5.92 Å². The zero-order valence-corrected chi connectivity index (χ0v) is 14.6. The Morgan fingerprint density at radius 2 is 2.00 bits per heavy atom. The number of nitrogens with one attached hydrogen (secondary N) is 2. The van der Waals surface area contributed by atoms with Gasteiger partial charge in [-0.15, -0.1) is 0 Å². The van der Waals surface area contributed by atoms with E-state index in [2.05, 4.69) is 39.8 Å². The first-order valence-electron chi connectivity index (χ1n) is 9.20. The Labute approximate surface area is 147 Å². The van der Waals surface area contributed by atoms with Crippen LogP contribution in [0.15, 0.2) is 29.1 Å². The Morgan fingerprint density at radius 1 is 1.24 bits per heavy atom. The molecule has 0 aliphatic heterocycles. The molecule has 3 atom stereocenters. The lowest BCUT2D eigenvalue weighted by atomic mass is 10.0. The van der Waals surface area contributed by atoms with E-state index in [4.69, 9.17) is 0 Å². The number of aromatic nitrogens is 3. The maximum atomic E-state index is 11.5. The predicted octanol–water partition coefficient (Wildman–Crippen LogP) is 1.63. The van der Waals surface area contributed by atoms with Gasteiger partial charge in [-0.2, -0.15) is 5.10 Å². The molecule has 0 bridgehead atoms. The summed E-state index contributed by atoms with van der Waals surface area (Å²) in [6.07, 6.45) is 3.84. The van der Waals surface area contributed by atoms with Gasteiger partial charge in [-0.05, 0) is 48.6 Å². The molecule has 6 nitrogen and oxygen atoms in total. The maximum absolute atomic E-state index is 11.5. The number of nitrogens with zero attached hydrogens (tertiary/aromatic N) is 2. The lowest BCUT2D eigenvalue weighted by Crippen LogP contribution is -2.27. The molecular formula is C19H26N4O2. The van der Waals surface area contributed by atoms with Gasteiger partial charge in [0.05, 0.1) is 6.10 Å². The number of aliphatic hydroxyl groups excluding tert-OH is 1. The molecule has 25 heavy (non-hydrogen) atoms. The molecule has 2 saturated carbocycles. The fraction of sp³-hybridized carbons (Fsp3) is 0.579. The zero-order valence-electron chi connectivity index (χ0n) is 14.6. The largest absolute Gasteiger partial charge is 0.393 e. The van der Waals surface area contributed by atoms with E-state index < -0.39 is 0 Å². The van der Waals surface area contributed by atoms with E-state index in [0.29, 0.717) is 6.42 Å². The van der Waals surface area contributed by atoms with Crippen molar-refractivity contribution in [1.82, 2.24) is 20.1 Å². The molecule has 0 saturated heterocycles. The highest BCUT2D eigenvalue weighted by atomic mass is 16.3. The van der Waals surface area contributed by atoms with Gasteiger partial charge in [-0.25, -0.2) is 9.89 Å². The first-order valence-corrected chi connectivity index (χ1v) is 9.20. The molecule has 1 aromatic heterocycles. The van der Waals surface area contributed by atoms with Gasteiger partial charge in [0.15, 0.2) is 0 Å². The second kappa shape index (κ2) is 6.77. The van der Waals surface area contributed by atoms with Crippen molar-refractivity contribution in [1.29, 1.82) is 0 Å². The highest BCUT2D eigenvalue weighted by Crippen LogP contribution is 2.40. The standard InChI is InChI=1S/C19H26N4O2/c1-23-18(21-22-19(23)25)15-8-16(17(24)9-15)11-20-10-12-2-4-13(5-3-12)14-6-7-14/h2-5,14-17,20,24H,6-11H2,1H3,(H,22,25)/t15-,16+,17+/m0/s1. The van der Waals surface area contributed by atoms with Crippen LogP contribution in [0.4, 0.5) is 0 Å². The van der Waals surface area contributed by atoms with Crippen LogP contribution < -0.4 is 11.0 Å². The average Bonchev–Trinajstić information content (AvgIpc) is 3.33. The molecule has 0 radical (unpaired) electrons. The summed E-state index contributed by atoms with van der Waals surface area (Å²) >= 11 is 0. The van der Waals surface area contributed by atoms with E-state index in [1.54, 1.807) is 11.6 Å². The van der Waals surface area contributed by atoms with Crippen molar-refractivity contribution in [2.75, 3.05) is 6.54 Å². The molecule has 0 unspecified atom stereocenters. The summed E-state index contributed by atoms with van der Waals surface area (Å²) in [4.78, 5) is 11.5. The third-order valence-electron chi connectivity index (χ3n) is 5.70. The fourth-order valence-corrected chi connectivity index (χ4v) is 3.98. The number of hydrogen-bond acceptors (Lipinski definition) is 4. The minimum atomic E-state index is -0.346. The van der Waals surface area contributed by atoms with Crippen LogP contribution in [0.5, 0.6) is 0 Å². The van der Waals surface area contributed by atoms with Crippen LogP contribution in [-0.4, -0.2) is 32.5 Å². The third-order valence-corrected chi connectivity index (χ3v) is 5.70. The lowest BCUT2D eigenvalue weighted by molar-refractivity contribution is 0.131. The van der Waals surface area contributed by atoms with E-state index in [-0.39, 0.29) is 23.6 Å². The van der Waals surface area contributed by atoms with E-state index in [1.165, 1.54) is 24.0 Å². The van der Waals surface area contributed by atoms with Crippen molar-refractivity contribution in [2.24, 2.45) is 13.0 Å². The predicted molar refractivity (Wildman–Crippen MR) is 95.4 cm³/mol. The SMILES string of the molecule is Cn1c([C@H]2C[C@H](CNCc3ccc(C4CC4)cc3)[C@H](O)C2)n[nH]c1=O. The van der Waals surface area contributed by atoms with E-state index >= 15 is 0 Å². The van der Waals surface area contributed by atoms with Crippen LogP contribution in [-0.2, 0) is 13.6 Å². The molecule has 3 N–H and O–H groups in total. The van der Waals surface area contributed by atoms with Crippen LogP contribution in [0.25, 0.3) is 0 Å². The quantitative estimate of drug-likeness (QED) is 0.745. The third kappa shape index (κ3) is 3.55. The van der Waals surface area contributed by atoms with Gasteiger partial charge in [-0.1, -0.05) is 24.3 Å². The van der Waals surface area contributed by atoms with Crippen LogP contribution >= 0.6 is 0 Å². The van der Waals surface area contributed by atoms with Gasteiger partial charge in [0, 0.05) is 26.1 Å². The van der Waals surface area contributed by atoms with Crippen molar-refractivity contribution in [3.8, 4) is 0 Å². The zero-order chi connectivity index (χ0) is 17.4. The van der Waals surface area contributed by atoms with Crippen molar-refractivity contribution >= 4 is 0 Å². The molecule has 1 aromatic carbocycles. The molecule has 0 spiro atoms. The van der Waals surface area contributed by atoms with Crippen molar-refractivity contribution in [3.63, 3.8) is 0 Å². The minimum absolute atomic E-state index is 0.142. The summed E-state index contributed by atoms with van der Waals surface area (Å²) in [6.45, 7) is 1.60. The Hall–Kier alpha value is -1.92. The summed E-state index contributed by atoms with van der Waals surface area (Å²) in [5, 5.41) is 20.4. The molecule has 2 fully saturated rings. The summed E-state index contributed by atoms with van der Waals surface area (Å²) in [7, 11) is 1.73. The molecule has 4 rings (SSSR count). The summed E-state index contributed by atoms with van der Waals surface area (Å²) in [6, 6.07) is 8.89. The van der Waals surface area contributed by atoms with Crippen molar-refractivity contribution in [3.05, 3.63) is 51.7 Å². The van der Waals surface area contributed by atoms with Gasteiger partial charge >= 0.3 is 5.69 Å². The number of benzene rings is 1. The van der Waals surface area contributed by atoms with E-state index in [0.717, 1.165) is 31.3 Å². The Kier molecular flexibility index (Phi) is 4.48. The second-order valence-corrected chi connectivity index (χ2v) is 7.59. The first-order chi connectivity index (χ1) is 12.1. The molecule has 134 valence electrons. The summed E-state index contributed by atoms with van der Waals surface area (Å²) in [5.41, 5.74) is 2.55. The highest BCUT2D eigenvalue weighted by molar-refractivity contribution is 5.28. The number of aliphatic hydroxyl groups is 1. The number of hydrogen-bond donors (Lipinski definition) is 3. The highest BCUT2D eigenvalue weighted by Gasteiger charge is 2.35. The molecule has 1 heterocycles. The fourth-order valence-electron chi connectivity index (χ4n) is 3.98. The van der Waals surface area contributed by atoms with Gasteiger partial charge in [0.1, 0.15) is 5.82 Å². The number of rotatable bonds is 6. The molecule has 2 aromatic rings. The van der Waals surface area contributed by atoms with Crippen molar-refractivity contribution in [2.45, 2.75) is 50.2 Å². The molecular weight excluding hydrogens is 316 g/mol. The smallest absolute Gasteiger partial charge is 0.343 e. The average molecular weight is 342 g/mol. The molecule has 2 aliphatic carbocycles. The Morgan fingerprint density at radius 3 is 2.64 bits per heavy atom. The molecule has 2 aliphatic rings. The normalized spacial score (nSPS) is 26.2.